The van der Waals surface area contributed by atoms with Gasteiger partial charge in [0, 0.05) is 6.42 Å². The van der Waals surface area contributed by atoms with Crippen LogP contribution < -0.4 is 5.32 Å². The molecule has 0 radical (unpaired) electrons. The molecule has 18 heavy (non-hydrogen) atoms. The van der Waals surface area contributed by atoms with Crippen LogP contribution in [0.3, 0.4) is 0 Å². The fraction of sp³-hybridized carbons (Fsp3) is 0.700. The monoisotopic (exact) mass is 255 g/mol. The predicted octanol–water partition coefficient (Wildman–Crippen LogP) is 0.268. The topological polar surface area (TPSA) is 121 Å². The smallest absolute Gasteiger partial charge is 0.303 e. The maximum Gasteiger partial charge on any atom is 0.303 e. The van der Waals surface area contributed by atoms with Crippen LogP contribution in [0, 0.1) is 5.41 Å². The number of carboxylic acids is 1. The number of H-pyrrole nitrogens is 1. The zero-order valence-corrected chi connectivity index (χ0v) is 10.6. The second kappa shape index (κ2) is 5.56. The Balaban J connectivity index is 2.49. The Kier molecular flexibility index (Phi) is 4.35. The molecule has 1 heterocycles. The molecule has 0 aliphatic carbocycles. The van der Waals surface area contributed by atoms with E-state index in [0.29, 0.717) is 5.82 Å². The number of hydrogen-bond donors (Lipinski definition) is 3. The van der Waals surface area contributed by atoms with Crippen LogP contribution in [0.15, 0.2) is 0 Å². The summed E-state index contributed by atoms with van der Waals surface area (Å²) in [5.41, 5.74) is -0.590. The van der Waals surface area contributed by atoms with E-state index in [9.17, 15) is 9.59 Å². The quantitative estimate of drug-likeness (QED) is 0.670. The number of amides is 1. The van der Waals surface area contributed by atoms with Crippen LogP contribution in [0.5, 0.6) is 0 Å². The van der Waals surface area contributed by atoms with E-state index in [1.165, 1.54) is 0 Å². The van der Waals surface area contributed by atoms with Gasteiger partial charge in [-0.3, -0.25) is 9.59 Å². The molecule has 0 aliphatic heterocycles. The average molecular weight is 255 g/mol. The first-order valence-electron chi connectivity index (χ1n) is 5.55. The predicted molar refractivity (Wildman–Crippen MR) is 61.4 cm³/mol. The van der Waals surface area contributed by atoms with Gasteiger partial charge in [-0.1, -0.05) is 19.1 Å². The minimum Gasteiger partial charge on any atom is -0.481 e. The number of carbonyl (C=O) groups excluding carboxylic acids is 1. The molecule has 1 atom stereocenters. The highest BCUT2D eigenvalue weighted by Gasteiger charge is 2.26. The number of rotatable bonds is 6. The number of nitrogens with zero attached hydrogens (tertiary/aromatic N) is 3. The molecule has 1 amide bonds. The van der Waals surface area contributed by atoms with Gasteiger partial charge in [0.25, 0.3) is 0 Å². The van der Waals surface area contributed by atoms with Gasteiger partial charge in [0.2, 0.25) is 5.91 Å². The average Bonchev–Trinajstić information content (AvgIpc) is 2.65. The molecule has 0 spiro atoms. The van der Waals surface area contributed by atoms with Gasteiger partial charge in [0.05, 0.1) is 12.5 Å². The van der Waals surface area contributed by atoms with Crippen molar-refractivity contribution in [2.45, 2.75) is 39.7 Å². The molecule has 0 saturated carbocycles. The number of carbonyl (C=O) groups is 2. The highest BCUT2D eigenvalue weighted by Crippen LogP contribution is 2.25. The summed E-state index contributed by atoms with van der Waals surface area (Å²) in [4.78, 5) is 22.4. The molecule has 0 aliphatic rings. The van der Waals surface area contributed by atoms with Crippen molar-refractivity contribution in [2.24, 2.45) is 5.41 Å². The normalized spacial score (nSPS) is 13.1. The van der Waals surface area contributed by atoms with Gasteiger partial charge >= 0.3 is 5.97 Å². The molecule has 1 unspecified atom stereocenters. The van der Waals surface area contributed by atoms with Crippen molar-refractivity contribution in [3.05, 3.63) is 5.82 Å². The fourth-order valence-electron chi connectivity index (χ4n) is 1.62. The molecule has 100 valence electrons. The molecular weight excluding hydrogens is 238 g/mol. The standard InChI is InChI=1S/C10H17N5O3/c1-6(9-12-14-15-13-9)11-7(16)4-10(2,3)5-8(17)18/h6H,4-5H2,1-3H3,(H,11,16)(H,17,18)(H,12,13,14,15). The molecule has 8 heteroatoms. The van der Waals surface area contributed by atoms with Crippen molar-refractivity contribution in [2.75, 3.05) is 0 Å². The van der Waals surface area contributed by atoms with Crippen LogP contribution in [0.4, 0.5) is 0 Å². The second-order valence-corrected chi connectivity index (χ2v) is 4.97. The van der Waals surface area contributed by atoms with Crippen molar-refractivity contribution < 1.29 is 14.7 Å². The second-order valence-electron chi connectivity index (χ2n) is 4.97. The fourth-order valence-corrected chi connectivity index (χ4v) is 1.62. The van der Waals surface area contributed by atoms with Gasteiger partial charge in [0.15, 0.2) is 5.82 Å². The molecule has 0 bridgehead atoms. The zero-order chi connectivity index (χ0) is 13.8. The summed E-state index contributed by atoms with van der Waals surface area (Å²) in [7, 11) is 0. The maximum absolute atomic E-state index is 11.8. The summed E-state index contributed by atoms with van der Waals surface area (Å²) in [6, 6.07) is -0.364. The van der Waals surface area contributed by atoms with Gasteiger partial charge in [-0.2, -0.15) is 5.21 Å². The molecule has 1 aromatic heterocycles. The van der Waals surface area contributed by atoms with Crippen molar-refractivity contribution in [1.29, 1.82) is 0 Å². The van der Waals surface area contributed by atoms with E-state index in [2.05, 4.69) is 25.9 Å². The minimum atomic E-state index is -0.918. The Morgan fingerprint density at radius 1 is 1.44 bits per heavy atom. The lowest BCUT2D eigenvalue weighted by atomic mass is 9.85. The van der Waals surface area contributed by atoms with Crippen molar-refractivity contribution in [3.8, 4) is 0 Å². The zero-order valence-electron chi connectivity index (χ0n) is 10.6. The summed E-state index contributed by atoms with van der Waals surface area (Å²) in [6.07, 6.45) is 0.0680. The third-order valence-electron chi connectivity index (χ3n) is 2.40. The first-order chi connectivity index (χ1) is 8.30. The number of tetrazole rings is 1. The SMILES string of the molecule is CC(NC(=O)CC(C)(C)CC(=O)O)c1nn[nH]n1. The van der Waals surface area contributed by atoms with E-state index >= 15 is 0 Å². The largest absolute Gasteiger partial charge is 0.481 e. The van der Waals surface area contributed by atoms with Gasteiger partial charge < -0.3 is 10.4 Å². The third-order valence-corrected chi connectivity index (χ3v) is 2.40. The molecule has 0 fully saturated rings. The Bertz CT molecular complexity index is 415. The summed E-state index contributed by atoms with van der Waals surface area (Å²) < 4.78 is 0. The van der Waals surface area contributed by atoms with Gasteiger partial charge in [-0.05, 0) is 12.3 Å². The lowest BCUT2D eigenvalue weighted by molar-refractivity contribution is -0.139. The molecule has 1 aromatic rings. The Labute approximate surface area is 104 Å². The number of nitrogens with one attached hydrogen (secondary N) is 2. The Morgan fingerprint density at radius 3 is 2.61 bits per heavy atom. The summed E-state index contributed by atoms with van der Waals surface area (Å²) in [5.74, 6) is -0.767. The summed E-state index contributed by atoms with van der Waals surface area (Å²) in [6.45, 7) is 5.20. The summed E-state index contributed by atoms with van der Waals surface area (Å²) in [5, 5.41) is 24.6. The lowest BCUT2D eigenvalue weighted by Gasteiger charge is -2.22. The third kappa shape index (κ3) is 4.48. The number of aliphatic carboxylic acids is 1. The molecule has 0 saturated heterocycles. The molecular formula is C10H17N5O3. The van der Waals surface area contributed by atoms with Gasteiger partial charge in [-0.25, -0.2) is 0 Å². The van der Waals surface area contributed by atoms with Gasteiger partial charge in [0.1, 0.15) is 0 Å². The van der Waals surface area contributed by atoms with Crippen molar-refractivity contribution >= 4 is 11.9 Å². The lowest BCUT2D eigenvalue weighted by Crippen LogP contribution is -2.32. The van der Waals surface area contributed by atoms with E-state index in [1.54, 1.807) is 20.8 Å². The number of aromatic amines is 1. The molecule has 1 rings (SSSR count). The van der Waals surface area contributed by atoms with Crippen LogP contribution in [0.1, 0.15) is 45.5 Å². The van der Waals surface area contributed by atoms with Crippen LogP contribution in [0.2, 0.25) is 0 Å². The van der Waals surface area contributed by atoms with Crippen LogP contribution in [0.25, 0.3) is 0 Å². The number of carboxylic acid groups (broad SMARTS) is 1. The van der Waals surface area contributed by atoms with E-state index < -0.39 is 11.4 Å². The van der Waals surface area contributed by atoms with E-state index in [1.807, 2.05) is 0 Å². The maximum atomic E-state index is 11.8. The molecule has 3 N–H and O–H groups in total. The van der Waals surface area contributed by atoms with Crippen molar-refractivity contribution in [3.63, 3.8) is 0 Å². The van der Waals surface area contributed by atoms with Crippen LogP contribution >= 0.6 is 0 Å². The first kappa shape index (κ1) is 14.1. The minimum absolute atomic E-state index is 0.0585. The van der Waals surface area contributed by atoms with Crippen LogP contribution in [-0.4, -0.2) is 37.6 Å². The van der Waals surface area contributed by atoms with Crippen molar-refractivity contribution in [1.82, 2.24) is 25.9 Å². The molecule has 0 aromatic carbocycles. The number of aromatic nitrogens is 4. The van der Waals surface area contributed by atoms with E-state index in [0.717, 1.165) is 0 Å². The highest BCUT2D eigenvalue weighted by atomic mass is 16.4. The van der Waals surface area contributed by atoms with Gasteiger partial charge in [-0.15, -0.1) is 10.2 Å². The Morgan fingerprint density at radius 2 is 2.11 bits per heavy atom. The Hall–Kier alpha value is -1.99. The highest BCUT2D eigenvalue weighted by molar-refractivity contribution is 5.78. The van der Waals surface area contributed by atoms with E-state index in [4.69, 9.17) is 5.11 Å². The van der Waals surface area contributed by atoms with E-state index in [-0.39, 0.29) is 24.8 Å². The first-order valence-corrected chi connectivity index (χ1v) is 5.55. The number of hydrogen-bond acceptors (Lipinski definition) is 5. The summed E-state index contributed by atoms with van der Waals surface area (Å²) >= 11 is 0. The molecule has 8 nitrogen and oxygen atoms in total. The van der Waals surface area contributed by atoms with Crippen LogP contribution in [-0.2, 0) is 9.59 Å².